The first-order chi connectivity index (χ1) is 14.0. The van der Waals surface area contributed by atoms with E-state index in [1.807, 2.05) is 12.1 Å². The Labute approximate surface area is 176 Å². The average Bonchev–Trinajstić information content (AvgIpc) is 3.11. The zero-order valence-electron chi connectivity index (χ0n) is 16.9. The summed E-state index contributed by atoms with van der Waals surface area (Å²) in [6, 6.07) is 15.8. The van der Waals surface area contributed by atoms with Gasteiger partial charge in [0.2, 0.25) is 0 Å². The molecule has 1 unspecified atom stereocenters. The normalized spacial score (nSPS) is 16.0. The molecular weight excluding hydrogens is 382 g/mol. The van der Waals surface area contributed by atoms with Gasteiger partial charge >= 0.3 is 5.97 Å². The molecule has 3 aromatic rings. The molecule has 4 rings (SSSR count). The molecule has 0 aliphatic carbocycles. The number of nitrogens with one attached hydrogen (secondary N) is 2. The van der Waals surface area contributed by atoms with Crippen LogP contribution in [0, 0.1) is 5.92 Å². The van der Waals surface area contributed by atoms with Crippen molar-refractivity contribution < 1.29 is 9.53 Å². The Bertz CT molecular complexity index is 1060. The van der Waals surface area contributed by atoms with Gasteiger partial charge in [-0.25, -0.2) is 4.79 Å². The summed E-state index contributed by atoms with van der Waals surface area (Å²) in [4.78, 5) is 17.5. The minimum Gasteiger partial charge on any atom is -0.465 e. The number of aromatic amines is 1. The van der Waals surface area contributed by atoms with Crippen LogP contribution in [0.2, 0.25) is 0 Å². The standard InChI is InChI=1S/C23H25N3O2S/c1-14(2)21-20-18(17-6-4-5-7-19(17)25-20)12-13-26(21)23(29)24-16-10-8-15(9-11-16)22(27)28-3/h4-11,14,21,25H,12-13H2,1-3H3,(H,24,29). The molecule has 0 saturated heterocycles. The van der Waals surface area contributed by atoms with Gasteiger partial charge < -0.3 is 19.9 Å². The number of benzene rings is 2. The van der Waals surface area contributed by atoms with Crippen molar-refractivity contribution in [2.75, 3.05) is 19.0 Å². The summed E-state index contributed by atoms with van der Waals surface area (Å²) in [5.41, 5.74) is 5.22. The highest BCUT2D eigenvalue weighted by Gasteiger charge is 2.33. The minimum absolute atomic E-state index is 0.181. The molecule has 1 aromatic heterocycles. The van der Waals surface area contributed by atoms with E-state index in [1.165, 1.54) is 29.3 Å². The maximum atomic E-state index is 11.6. The Morgan fingerprint density at radius 2 is 1.93 bits per heavy atom. The van der Waals surface area contributed by atoms with E-state index in [0.717, 1.165) is 18.7 Å². The number of H-pyrrole nitrogens is 1. The van der Waals surface area contributed by atoms with Crippen LogP contribution in [0.3, 0.4) is 0 Å². The summed E-state index contributed by atoms with van der Waals surface area (Å²) >= 11 is 5.78. The van der Waals surface area contributed by atoms with Gasteiger partial charge in [0, 0.05) is 28.8 Å². The van der Waals surface area contributed by atoms with Gasteiger partial charge in [-0.15, -0.1) is 0 Å². The number of anilines is 1. The maximum absolute atomic E-state index is 11.6. The molecule has 0 radical (unpaired) electrons. The van der Waals surface area contributed by atoms with Crippen LogP contribution in [-0.2, 0) is 11.2 Å². The lowest BCUT2D eigenvalue weighted by Gasteiger charge is -2.40. The number of carbonyl (C=O) groups excluding carboxylic acids is 1. The van der Waals surface area contributed by atoms with E-state index in [-0.39, 0.29) is 12.0 Å². The highest BCUT2D eigenvalue weighted by Crippen LogP contribution is 2.38. The second kappa shape index (κ2) is 7.87. The number of thiocarbonyl (C=S) groups is 1. The number of fused-ring (bicyclic) bond motifs is 3. The molecule has 0 amide bonds. The number of nitrogens with zero attached hydrogens (tertiary/aromatic N) is 1. The zero-order valence-corrected chi connectivity index (χ0v) is 17.7. The van der Waals surface area contributed by atoms with Crippen molar-refractivity contribution in [1.29, 1.82) is 0 Å². The Morgan fingerprint density at radius 3 is 2.62 bits per heavy atom. The first-order valence-electron chi connectivity index (χ1n) is 9.85. The van der Waals surface area contributed by atoms with Crippen molar-refractivity contribution in [2.45, 2.75) is 26.3 Å². The van der Waals surface area contributed by atoms with Crippen LogP contribution in [0.15, 0.2) is 48.5 Å². The van der Waals surface area contributed by atoms with E-state index in [9.17, 15) is 4.79 Å². The Morgan fingerprint density at radius 1 is 1.21 bits per heavy atom. The zero-order chi connectivity index (χ0) is 20.5. The lowest BCUT2D eigenvalue weighted by Crippen LogP contribution is -2.44. The number of aromatic nitrogens is 1. The number of ether oxygens (including phenoxy) is 1. The molecule has 0 spiro atoms. The number of hydrogen-bond donors (Lipinski definition) is 2. The topological polar surface area (TPSA) is 57.4 Å². The summed E-state index contributed by atoms with van der Waals surface area (Å²) in [6.45, 7) is 5.32. The van der Waals surface area contributed by atoms with E-state index >= 15 is 0 Å². The van der Waals surface area contributed by atoms with Crippen LogP contribution in [0.5, 0.6) is 0 Å². The van der Waals surface area contributed by atoms with Crippen LogP contribution in [-0.4, -0.2) is 34.6 Å². The molecule has 2 heterocycles. The monoisotopic (exact) mass is 407 g/mol. The van der Waals surface area contributed by atoms with E-state index in [4.69, 9.17) is 17.0 Å². The Hall–Kier alpha value is -2.86. The molecule has 0 bridgehead atoms. The van der Waals surface area contributed by atoms with Gasteiger partial charge in [-0.05, 0) is 60.5 Å². The molecule has 5 nitrogen and oxygen atoms in total. The van der Waals surface area contributed by atoms with Crippen molar-refractivity contribution in [3.8, 4) is 0 Å². The van der Waals surface area contributed by atoms with E-state index in [1.54, 1.807) is 12.1 Å². The molecule has 150 valence electrons. The third-order valence-corrected chi connectivity index (χ3v) is 5.87. The van der Waals surface area contributed by atoms with Gasteiger partial charge in [0.1, 0.15) is 0 Å². The number of esters is 1. The highest BCUT2D eigenvalue weighted by atomic mass is 32.1. The van der Waals surface area contributed by atoms with Crippen LogP contribution in [0.1, 0.15) is 41.5 Å². The van der Waals surface area contributed by atoms with Crippen LogP contribution < -0.4 is 5.32 Å². The number of rotatable bonds is 3. The first kappa shape index (κ1) is 19.5. The second-order valence-electron chi connectivity index (χ2n) is 7.69. The third kappa shape index (κ3) is 3.60. The predicted octanol–water partition coefficient (Wildman–Crippen LogP) is 4.91. The van der Waals surface area contributed by atoms with E-state index < -0.39 is 0 Å². The van der Waals surface area contributed by atoms with Gasteiger partial charge in [0.15, 0.2) is 5.11 Å². The SMILES string of the molecule is COC(=O)c1ccc(NC(=S)N2CCc3c([nH]c4ccccc34)C2C(C)C)cc1. The lowest BCUT2D eigenvalue weighted by molar-refractivity contribution is 0.0601. The maximum Gasteiger partial charge on any atom is 0.337 e. The minimum atomic E-state index is -0.346. The number of carbonyl (C=O) groups is 1. The molecule has 1 aliphatic rings. The van der Waals surface area contributed by atoms with Crippen molar-refractivity contribution in [1.82, 2.24) is 9.88 Å². The van der Waals surface area contributed by atoms with Crippen LogP contribution in [0.4, 0.5) is 5.69 Å². The van der Waals surface area contributed by atoms with Crippen LogP contribution >= 0.6 is 12.2 Å². The largest absolute Gasteiger partial charge is 0.465 e. The molecule has 1 atom stereocenters. The summed E-state index contributed by atoms with van der Waals surface area (Å²) in [7, 11) is 1.38. The molecular formula is C23H25N3O2S. The summed E-state index contributed by atoms with van der Waals surface area (Å²) in [5, 5.41) is 5.34. The van der Waals surface area contributed by atoms with Gasteiger partial charge in [-0.1, -0.05) is 32.0 Å². The van der Waals surface area contributed by atoms with Gasteiger partial charge in [0.25, 0.3) is 0 Å². The Balaban J connectivity index is 1.59. The Kier molecular flexibility index (Phi) is 5.28. The van der Waals surface area contributed by atoms with E-state index in [0.29, 0.717) is 16.6 Å². The summed E-state index contributed by atoms with van der Waals surface area (Å²) in [5.74, 6) is 0.0462. The second-order valence-corrected chi connectivity index (χ2v) is 8.08. The molecule has 2 aromatic carbocycles. The summed E-state index contributed by atoms with van der Waals surface area (Å²) in [6.07, 6.45) is 0.950. The number of hydrogen-bond acceptors (Lipinski definition) is 3. The smallest absolute Gasteiger partial charge is 0.337 e. The van der Waals surface area contributed by atoms with Crippen LogP contribution in [0.25, 0.3) is 10.9 Å². The number of methoxy groups -OCH3 is 1. The first-order valence-corrected chi connectivity index (χ1v) is 10.3. The molecule has 29 heavy (non-hydrogen) atoms. The fraction of sp³-hybridized carbons (Fsp3) is 0.304. The van der Waals surface area contributed by atoms with E-state index in [2.05, 4.69) is 53.3 Å². The lowest BCUT2D eigenvalue weighted by atomic mass is 9.90. The molecule has 1 aliphatic heterocycles. The van der Waals surface area contributed by atoms with Crippen molar-refractivity contribution >= 4 is 39.9 Å². The fourth-order valence-electron chi connectivity index (χ4n) is 4.19. The number of para-hydroxylation sites is 1. The third-order valence-electron chi connectivity index (χ3n) is 5.53. The van der Waals surface area contributed by atoms with Gasteiger partial charge in [-0.2, -0.15) is 0 Å². The van der Waals surface area contributed by atoms with Crippen molar-refractivity contribution in [2.24, 2.45) is 5.92 Å². The molecule has 6 heteroatoms. The van der Waals surface area contributed by atoms with Gasteiger partial charge in [0.05, 0.1) is 18.7 Å². The molecule has 0 fully saturated rings. The van der Waals surface area contributed by atoms with Gasteiger partial charge in [-0.3, -0.25) is 0 Å². The van der Waals surface area contributed by atoms with Crippen molar-refractivity contribution in [3.63, 3.8) is 0 Å². The molecule has 2 N–H and O–H groups in total. The highest BCUT2D eigenvalue weighted by molar-refractivity contribution is 7.80. The summed E-state index contributed by atoms with van der Waals surface area (Å²) < 4.78 is 4.75. The fourth-order valence-corrected chi connectivity index (χ4v) is 4.52. The average molecular weight is 408 g/mol. The quantitative estimate of drug-likeness (QED) is 0.477. The molecule has 0 saturated carbocycles. The predicted molar refractivity (Wildman–Crippen MR) is 120 cm³/mol. The van der Waals surface area contributed by atoms with Crippen molar-refractivity contribution in [3.05, 3.63) is 65.4 Å².